The average Bonchev–Trinajstić information content (AvgIpc) is 3.14. The monoisotopic (exact) mass is 258 g/mol. The highest BCUT2D eigenvalue weighted by atomic mass is 16.1. The van der Waals surface area contributed by atoms with Gasteiger partial charge in [0.2, 0.25) is 0 Å². The van der Waals surface area contributed by atoms with E-state index in [-0.39, 0.29) is 5.69 Å². The molecule has 3 rings (SSSR count). The van der Waals surface area contributed by atoms with Crippen LogP contribution < -0.4 is 10.6 Å². The van der Waals surface area contributed by atoms with E-state index in [1.807, 2.05) is 0 Å². The van der Waals surface area contributed by atoms with Crippen LogP contribution in [0.1, 0.15) is 25.1 Å². The molecule has 0 spiro atoms. The quantitative estimate of drug-likeness (QED) is 0.867. The van der Waals surface area contributed by atoms with Crippen LogP contribution in [0.4, 0.5) is 5.82 Å². The van der Waals surface area contributed by atoms with Gasteiger partial charge in [-0.05, 0) is 19.8 Å². The predicted molar refractivity (Wildman–Crippen MR) is 68.9 cm³/mol. The third kappa shape index (κ3) is 2.05. The first kappa shape index (κ1) is 11.7. The highest BCUT2D eigenvalue weighted by Gasteiger charge is 2.30. The molecule has 2 heterocycles. The molecule has 7 heteroatoms. The summed E-state index contributed by atoms with van der Waals surface area (Å²) in [4.78, 5) is 18.1. The summed E-state index contributed by atoms with van der Waals surface area (Å²) in [5.74, 6) is 1.40. The Labute approximate surface area is 109 Å². The standard InChI is InChI=1S/C12H14N6O/c1-8-14-10(7-11-15-16-12(19)18(8)11)17(6-2-5-13)9-3-4-9/h7,9H,2-4,6H2,1H3,(H,16,19). The Kier molecular flexibility index (Phi) is 2.71. The smallest absolute Gasteiger partial charge is 0.349 e. The molecular formula is C12H14N6O. The van der Waals surface area contributed by atoms with Crippen molar-refractivity contribution in [1.29, 1.82) is 5.26 Å². The lowest BCUT2D eigenvalue weighted by molar-refractivity contribution is 0.768. The molecule has 0 aromatic carbocycles. The second kappa shape index (κ2) is 4.39. The minimum Gasteiger partial charge on any atom is -0.352 e. The molecule has 2 aromatic rings. The molecule has 2 aromatic heterocycles. The number of hydrogen-bond acceptors (Lipinski definition) is 5. The van der Waals surface area contributed by atoms with Crippen molar-refractivity contribution in [1.82, 2.24) is 19.6 Å². The minimum absolute atomic E-state index is 0.276. The molecule has 0 amide bonds. The van der Waals surface area contributed by atoms with Crippen molar-refractivity contribution >= 4 is 11.5 Å². The van der Waals surface area contributed by atoms with Gasteiger partial charge >= 0.3 is 5.69 Å². The predicted octanol–water partition coefficient (Wildman–Crippen LogP) is 0.608. The number of rotatable bonds is 4. The first-order valence-electron chi connectivity index (χ1n) is 6.29. The average molecular weight is 258 g/mol. The van der Waals surface area contributed by atoms with Crippen LogP contribution in [-0.4, -0.2) is 32.2 Å². The summed E-state index contributed by atoms with van der Waals surface area (Å²) in [7, 11) is 0. The van der Waals surface area contributed by atoms with E-state index in [9.17, 15) is 4.79 Å². The van der Waals surface area contributed by atoms with Crippen molar-refractivity contribution in [3.8, 4) is 6.07 Å². The van der Waals surface area contributed by atoms with Gasteiger partial charge in [0, 0.05) is 18.7 Å². The molecule has 0 bridgehead atoms. The lowest BCUT2D eigenvalue weighted by Gasteiger charge is -2.22. The van der Waals surface area contributed by atoms with Gasteiger partial charge in [-0.2, -0.15) is 10.4 Å². The maximum absolute atomic E-state index is 11.5. The third-order valence-corrected chi connectivity index (χ3v) is 3.30. The zero-order valence-electron chi connectivity index (χ0n) is 10.6. The molecule has 1 N–H and O–H groups in total. The second-order valence-corrected chi connectivity index (χ2v) is 4.72. The molecule has 1 aliphatic rings. The van der Waals surface area contributed by atoms with Gasteiger partial charge in [0.05, 0.1) is 12.5 Å². The molecule has 0 unspecified atom stereocenters. The number of hydrogen-bond donors (Lipinski definition) is 1. The van der Waals surface area contributed by atoms with Crippen molar-refractivity contribution in [2.45, 2.75) is 32.2 Å². The first-order valence-corrected chi connectivity index (χ1v) is 6.29. The molecule has 0 aliphatic heterocycles. The molecular weight excluding hydrogens is 244 g/mol. The molecule has 19 heavy (non-hydrogen) atoms. The number of nitrogens with one attached hydrogen (secondary N) is 1. The van der Waals surface area contributed by atoms with Crippen LogP contribution in [0.5, 0.6) is 0 Å². The highest BCUT2D eigenvalue weighted by Crippen LogP contribution is 2.31. The van der Waals surface area contributed by atoms with Gasteiger partial charge in [-0.3, -0.25) is 0 Å². The number of aryl methyl sites for hydroxylation is 1. The Balaban J connectivity index is 2.03. The van der Waals surface area contributed by atoms with Crippen LogP contribution in [0.15, 0.2) is 10.9 Å². The molecule has 1 fully saturated rings. The lowest BCUT2D eigenvalue weighted by atomic mass is 10.3. The Bertz CT molecular complexity index is 705. The van der Waals surface area contributed by atoms with Crippen LogP contribution in [-0.2, 0) is 0 Å². The van der Waals surface area contributed by atoms with Crippen LogP contribution in [0.25, 0.3) is 5.65 Å². The summed E-state index contributed by atoms with van der Waals surface area (Å²) in [6.07, 6.45) is 2.73. The lowest BCUT2D eigenvalue weighted by Crippen LogP contribution is -2.28. The van der Waals surface area contributed by atoms with Crippen molar-refractivity contribution < 1.29 is 0 Å². The minimum atomic E-state index is -0.276. The summed E-state index contributed by atoms with van der Waals surface area (Å²) in [5.41, 5.74) is 0.289. The van der Waals surface area contributed by atoms with Gasteiger partial charge < -0.3 is 4.90 Å². The normalized spacial score (nSPS) is 14.5. The topological polar surface area (TPSA) is 90.1 Å². The fraction of sp³-hybridized carbons (Fsp3) is 0.500. The van der Waals surface area contributed by atoms with E-state index < -0.39 is 0 Å². The number of H-pyrrole nitrogens is 1. The largest absolute Gasteiger partial charge is 0.352 e. The van der Waals surface area contributed by atoms with Crippen LogP contribution >= 0.6 is 0 Å². The summed E-state index contributed by atoms with van der Waals surface area (Å²) in [6.45, 7) is 2.45. The summed E-state index contributed by atoms with van der Waals surface area (Å²) in [6, 6.07) is 4.42. The van der Waals surface area contributed by atoms with Gasteiger partial charge in [-0.1, -0.05) is 0 Å². The van der Waals surface area contributed by atoms with E-state index in [0.717, 1.165) is 18.7 Å². The van der Waals surface area contributed by atoms with E-state index in [4.69, 9.17) is 5.26 Å². The molecule has 1 aliphatic carbocycles. The van der Waals surface area contributed by atoms with Crippen LogP contribution in [0.3, 0.4) is 0 Å². The zero-order valence-corrected chi connectivity index (χ0v) is 10.6. The van der Waals surface area contributed by atoms with E-state index >= 15 is 0 Å². The second-order valence-electron chi connectivity index (χ2n) is 4.72. The molecule has 1 saturated carbocycles. The van der Waals surface area contributed by atoms with Crippen LogP contribution in [0.2, 0.25) is 0 Å². The number of nitriles is 1. The Hall–Kier alpha value is -2.36. The van der Waals surface area contributed by atoms with Gasteiger partial charge in [0.15, 0.2) is 5.65 Å². The molecule has 0 atom stereocenters. The van der Waals surface area contributed by atoms with E-state index in [2.05, 4.69) is 26.2 Å². The fourth-order valence-electron chi connectivity index (χ4n) is 2.27. The van der Waals surface area contributed by atoms with Crippen molar-refractivity contribution in [3.63, 3.8) is 0 Å². The SMILES string of the molecule is Cc1nc(N(CCC#N)C2CC2)cc2n[nH]c(=O)n12. The van der Waals surface area contributed by atoms with Crippen molar-refractivity contribution in [2.24, 2.45) is 0 Å². The van der Waals surface area contributed by atoms with Gasteiger partial charge in [-0.25, -0.2) is 19.3 Å². The van der Waals surface area contributed by atoms with E-state index in [0.29, 0.717) is 30.5 Å². The molecule has 7 nitrogen and oxygen atoms in total. The maximum atomic E-state index is 11.5. The Morgan fingerprint density at radius 2 is 2.42 bits per heavy atom. The molecule has 0 saturated heterocycles. The van der Waals surface area contributed by atoms with Crippen LogP contribution in [0, 0.1) is 18.3 Å². The van der Waals surface area contributed by atoms with Gasteiger partial charge in [-0.15, -0.1) is 0 Å². The maximum Gasteiger partial charge on any atom is 0.349 e. The van der Waals surface area contributed by atoms with Gasteiger partial charge in [0.1, 0.15) is 11.6 Å². The highest BCUT2D eigenvalue weighted by molar-refractivity contribution is 5.52. The van der Waals surface area contributed by atoms with Gasteiger partial charge in [0.25, 0.3) is 0 Å². The Morgan fingerprint density at radius 3 is 3.11 bits per heavy atom. The van der Waals surface area contributed by atoms with Crippen molar-refractivity contribution in [3.05, 3.63) is 22.4 Å². The number of aromatic amines is 1. The Morgan fingerprint density at radius 1 is 1.63 bits per heavy atom. The van der Waals surface area contributed by atoms with E-state index in [1.165, 1.54) is 4.40 Å². The fourth-order valence-corrected chi connectivity index (χ4v) is 2.27. The van der Waals surface area contributed by atoms with E-state index in [1.54, 1.807) is 13.0 Å². The van der Waals surface area contributed by atoms with Crippen molar-refractivity contribution in [2.75, 3.05) is 11.4 Å². The molecule has 0 radical (unpaired) electrons. The number of nitrogens with zero attached hydrogens (tertiary/aromatic N) is 5. The first-order chi connectivity index (χ1) is 9.20. The third-order valence-electron chi connectivity index (χ3n) is 3.30. The summed E-state index contributed by atoms with van der Waals surface area (Å²) in [5, 5.41) is 15.1. The zero-order chi connectivity index (χ0) is 13.4. The molecule has 98 valence electrons. The summed E-state index contributed by atoms with van der Waals surface area (Å²) < 4.78 is 1.44. The summed E-state index contributed by atoms with van der Waals surface area (Å²) >= 11 is 0. The number of anilines is 1. The number of fused-ring (bicyclic) bond motifs is 1. The number of aromatic nitrogens is 4.